The first kappa shape index (κ1) is 16.0. The summed E-state index contributed by atoms with van der Waals surface area (Å²) in [6.07, 6.45) is 4.22. The molecule has 1 aliphatic heterocycles. The number of sulfonamides is 1. The van der Waals surface area contributed by atoms with Gasteiger partial charge in [-0.05, 0) is 24.8 Å². The predicted molar refractivity (Wildman–Crippen MR) is 82.2 cm³/mol. The summed E-state index contributed by atoms with van der Waals surface area (Å²) in [6.45, 7) is 1.42. The molecule has 0 spiro atoms. The normalized spacial score (nSPS) is 17.8. The Balaban J connectivity index is 2.34. The second kappa shape index (κ2) is 6.58. The van der Waals surface area contributed by atoms with E-state index >= 15 is 0 Å². The minimum Gasteiger partial charge on any atom is -0.341 e. The molecule has 116 valence electrons. The van der Waals surface area contributed by atoms with Crippen LogP contribution in [0.25, 0.3) is 0 Å². The van der Waals surface area contributed by atoms with E-state index in [2.05, 4.69) is 0 Å². The summed E-state index contributed by atoms with van der Waals surface area (Å²) < 4.78 is 24.9. The Bertz CT molecular complexity index is 580. The number of carbonyl (C=O) groups is 1. The van der Waals surface area contributed by atoms with Crippen LogP contribution in [-0.4, -0.2) is 49.9 Å². The lowest BCUT2D eigenvalue weighted by Crippen LogP contribution is -2.45. The molecule has 1 aliphatic rings. The molecule has 1 fully saturated rings. The van der Waals surface area contributed by atoms with Crippen molar-refractivity contribution in [3.8, 4) is 0 Å². The molecule has 0 unspecified atom stereocenters. The maximum atomic E-state index is 12.8. The zero-order chi connectivity index (χ0) is 15.5. The molecule has 1 heterocycles. The van der Waals surface area contributed by atoms with Crippen molar-refractivity contribution in [2.75, 3.05) is 26.4 Å². The molecule has 1 atom stereocenters. The number of piperidine rings is 1. The first-order valence-electron chi connectivity index (χ1n) is 7.18. The van der Waals surface area contributed by atoms with E-state index in [9.17, 15) is 13.2 Å². The van der Waals surface area contributed by atoms with Crippen molar-refractivity contribution in [1.29, 1.82) is 0 Å². The second-order valence-electron chi connectivity index (χ2n) is 5.48. The van der Waals surface area contributed by atoms with Gasteiger partial charge in [-0.1, -0.05) is 30.3 Å². The molecule has 0 aliphatic carbocycles. The molecule has 0 bridgehead atoms. The van der Waals surface area contributed by atoms with Crippen LogP contribution in [0, 0.1) is 0 Å². The Morgan fingerprint density at radius 1 is 1.14 bits per heavy atom. The van der Waals surface area contributed by atoms with Crippen LogP contribution in [0.1, 0.15) is 30.9 Å². The predicted octanol–water partition coefficient (Wildman–Crippen LogP) is 1.63. The summed E-state index contributed by atoms with van der Waals surface area (Å²) in [4.78, 5) is 14.6. The fraction of sp³-hybridized carbons (Fsp3) is 0.533. The van der Waals surface area contributed by atoms with Gasteiger partial charge < -0.3 is 4.90 Å². The van der Waals surface area contributed by atoms with Crippen LogP contribution in [0.3, 0.4) is 0 Å². The highest BCUT2D eigenvalue weighted by Crippen LogP contribution is 2.25. The fourth-order valence-electron chi connectivity index (χ4n) is 2.62. The van der Waals surface area contributed by atoms with Gasteiger partial charge in [-0.3, -0.25) is 4.79 Å². The van der Waals surface area contributed by atoms with Gasteiger partial charge in [0, 0.05) is 20.1 Å². The van der Waals surface area contributed by atoms with Gasteiger partial charge in [-0.2, -0.15) is 4.31 Å². The van der Waals surface area contributed by atoms with Crippen LogP contribution in [0.4, 0.5) is 0 Å². The summed E-state index contributed by atoms with van der Waals surface area (Å²) >= 11 is 0. The van der Waals surface area contributed by atoms with Crippen molar-refractivity contribution in [2.24, 2.45) is 0 Å². The summed E-state index contributed by atoms with van der Waals surface area (Å²) in [5, 5.41) is 0. The smallest absolute Gasteiger partial charge is 0.245 e. The topological polar surface area (TPSA) is 57.7 Å². The lowest BCUT2D eigenvalue weighted by Gasteiger charge is -2.33. The number of hydrogen-bond acceptors (Lipinski definition) is 3. The molecule has 2 rings (SSSR count). The number of rotatable bonds is 4. The van der Waals surface area contributed by atoms with Crippen molar-refractivity contribution >= 4 is 15.9 Å². The highest BCUT2D eigenvalue weighted by Gasteiger charge is 2.34. The highest BCUT2D eigenvalue weighted by molar-refractivity contribution is 7.88. The number of carbonyl (C=O) groups excluding carboxylic acids is 1. The molecule has 1 aromatic carbocycles. The summed E-state index contributed by atoms with van der Waals surface area (Å²) in [5.74, 6) is -0.131. The lowest BCUT2D eigenvalue weighted by atomic mass is 10.0. The lowest BCUT2D eigenvalue weighted by molar-refractivity contribution is -0.136. The Morgan fingerprint density at radius 2 is 1.71 bits per heavy atom. The monoisotopic (exact) mass is 310 g/mol. The molecule has 21 heavy (non-hydrogen) atoms. The van der Waals surface area contributed by atoms with Crippen molar-refractivity contribution < 1.29 is 13.2 Å². The Labute approximate surface area is 126 Å². The second-order valence-corrected chi connectivity index (χ2v) is 7.52. The first-order chi connectivity index (χ1) is 9.91. The highest BCUT2D eigenvalue weighted by atomic mass is 32.2. The van der Waals surface area contributed by atoms with Crippen molar-refractivity contribution in [2.45, 2.75) is 25.3 Å². The third-order valence-electron chi connectivity index (χ3n) is 3.90. The molecule has 1 aromatic rings. The van der Waals surface area contributed by atoms with E-state index in [1.165, 1.54) is 11.4 Å². The van der Waals surface area contributed by atoms with E-state index < -0.39 is 16.1 Å². The molecule has 0 N–H and O–H groups in total. The third-order valence-corrected chi connectivity index (χ3v) is 5.16. The first-order valence-corrected chi connectivity index (χ1v) is 9.03. The minimum absolute atomic E-state index is 0.131. The Hall–Kier alpha value is -1.40. The zero-order valence-electron chi connectivity index (χ0n) is 12.5. The van der Waals surface area contributed by atoms with E-state index in [-0.39, 0.29) is 5.91 Å². The van der Waals surface area contributed by atoms with Crippen molar-refractivity contribution in [3.63, 3.8) is 0 Å². The standard InChI is InChI=1S/C15H22N2O3S/c1-16(21(2,19)20)14(13-9-5-3-6-10-13)15(18)17-11-7-4-8-12-17/h3,5-6,9-10,14H,4,7-8,11-12H2,1-2H3/t14-/m1/s1. The maximum absolute atomic E-state index is 12.8. The van der Waals surface area contributed by atoms with E-state index in [1.807, 2.05) is 18.2 Å². The van der Waals surface area contributed by atoms with Gasteiger partial charge in [0.2, 0.25) is 15.9 Å². The minimum atomic E-state index is -3.45. The van der Waals surface area contributed by atoms with E-state index in [4.69, 9.17) is 0 Å². The van der Waals surface area contributed by atoms with Gasteiger partial charge in [0.05, 0.1) is 6.26 Å². The van der Waals surface area contributed by atoms with Crippen LogP contribution < -0.4 is 0 Å². The molecule has 1 saturated heterocycles. The molecule has 5 nitrogen and oxygen atoms in total. The summed E-state index contributed by atoms with van der Waals surface area (Å²) in [5.41, 5.74) is 0.709. The van der Waals surface area contributed by atoms with Gasteiger partial charge >= 0.3 is 0 Å². The number of nitrogens with zero attached hydrogens (tertiary/aromatic N) is 2. The molecule has 1 amide bonds. The zero-order valence-corrected chi connectivity index (χ0v) is 13.3. The van der Waals surface area contributed by atoms with Crippen LogP contribution >= 0.6 is 0 Å². The van der Waals surface area contributed by atoms with E-state index in [0.29, 0.717) is 18.7 Å². The number of hydrogen-bond donors (Lipinski definition) is 0. The third kappa shape index (κ3) is 3.83. The molecule has 6 heteroatoms. The molecular weight excluding hydrogens is 288 g/mol. The summed E-state index contributed by atoms with van der Waals surface area (Å²) in [7, 11) is -1.98. The Kier molecular flexibility index (Phi) is 5.00. The van der Waals surface area contributed by atoms with Crippen LogP contribution in [0.15, 0.2) is 30.3 Å². The average Bonchev–Trinajstić information content (AvgIpc) is 2.48. The van der Waals surface area contributed by atoms with Crippen LogP contribution in [0.2, 0.25) is 0 Å². The molecule has 0 radical (unpaired) electrons. The average molecular weight is 310 g/mol. The maximum Gasteiger partial charge on any atom is 0.245 e. The van der Waals surface area contributed by atoms with E-state index in [1.54, 1.807) is 17.0 Å². The van der Waals surface area contributed by atoms with Gasteiger partial charge in [0.25, 0.3) is 0 Å². The van der Waals surface area contributed by atoms with Crippen LogP contribution in [-0.2, 0) is 14.8 Å². The Morgan fingerprint density at radius 3 is 2.24 bits per heavy atom. The SMILES string of the molecule is CN([C@@H](C(=O)N1CCCCC1)c1ccccc1)S(C)(=O)=O. The van der Waals surface area contributed by atoms with Crippen molar-refractivity contribution in [1.82, 2.24) is 9.21 Å². The molecular formula is C15H22N2O3S. The quantitative estimate of drug-likeness (QED) is 0.849. The van der Waals surface area contributed by atoms with Gasteiger partial charge in [-0.15, -0.1) is 0 Å². The largest absolute Gasteiger partial charge is 0.341 e. The molecule has 0 aromatic heterocycles. The van der Waals surface area contributed by atoms with Gasteiger partial charge in [-0.25, -0.2) is 8.42 Å². The van der Waals surface area contributed by atoms with E-state index in [0.717, 1.165) is 25.5 Å². The van der Waals surface area contributed by atoms with Gasteiger partial charge in [0.1, 0.15) is 6.04 Å². The van der Waals surface area contributed by atoms with Crippen molar-refractivity contribution in [3.05, 3.63) is 35.9 Å². The number of benzene rings is 1. The molecule has 0 saturated carbocycles. The number of likely N-dealkylation sites (N-methyl/N-ethyl adjacent to an activating group) is 1. The number of likely N-dealkylation sites (tertiary alicyclic amines) is 1. The van der Waals surface area contributed by atoms with Gasteiger partial charge in [0.15, 0.2) is 0 Å². The number of amides is 1. The fourth-order valence-corrected chi connectivity index (χ4v) is 3.22. The van der Waals surface area contributed by atoms with Crippen LogP contribution in [0.5, 0.6) is 0 Å². The summed E-state index contributed by atoms with van der Waals surface area (Å²) in [6, 6.07) is 8.32.